The number of nitrogens with one attached hydrogen (secondary N) is 2. The maximum absolute atomic E-state index is 14.2. The SMILES string of the molecule is Cc1ccc(Nc2cnccc2-c2nnc(NCC3CCCO3)o2)c(F)c1. The minimum atomic E-state index is -0.339. The fraction of sp³-hybridized carbons (Fsp3) is 0.316. The molecule has 1 aromatic carbocycles. The van der Waals surface area contributed by atoms with Crippen LogP contribution in [0.5, 0.6) is 0 Å². The smallest absolute Gasteiger partial charge is 0.315 e. The van der Waals surface area contributed by atoms with Crippen molar-refractivity contribution in [3.8, 4) is 11.5 Å². The van der Waals surface area contributed by atoms with Crippen molar-refractivity contribution in [1.82, 2.24) is 15.2 Å². The molecule has 4 rings (SSSR count). The number of ether oxygens (including phenoxy) is 1. The second-order valence-corrected chi connectivity index (χ2v) is 6.46. The van der Waals surface area contributed by atoms with E-state index in [-0.39, 0.29) is 11.9 Å². The molecule has 1 saturated heterocycles. The van der Waals surface area contributed by atoms with Crippen molar-refractivity contribution in [2.45, 2.75) is 25.9 Å². The van der Waals surface area contributed by atoms with E-state index in [1.54, 1.807) is 24.5 Å². The molecule has 8 heteroatoms. The summed E-state index contributed by atoms with van der Waals surface area (Å²) >= 11 is 0. The van der Waals surface area contributed by atoms with Gasteiger partial charge in [0.15, 0.2) is 0 Å². The third-order valence-corrected chi connectivity index (χ3v) is 4.38. The van der Waals surface area contributed by atoms with Crippen LogP contribution in [0.15, 0.2) is 41.1 Å². The van der Waals surface area contributed by atoms with Crippen LogP contribution in [0, 0.1) is 12.7 Å². The van der Waals surface area contributed by atoms with E-state index in [2.05, 4.69) is 25.8 Å². The predicted octanol–water partition coefficient (Wildman–Crippen LogP) is 3.91. The van der Waals surface area contributed by atoms with Gasteiger partial charge >= 0.3 is 6.01 Å². The summed E-state index contributed by atoms with van der Waals surface area (Å²) in [7, 11) is 0. The van der Waals surface area contributed by atoms with E-state index in [4.69, 9.17) is 9.15 Å². The fourth-order valence-corrected chi connectivity index (χ4v) is 2.96. The Morgan fingerprint density at radius 2 is 2.15 bits per heavy atom. The minimum Gasteiger partial charge on any atom is -0.403 e. The zero-order valence-electron chi connectivity index (χ0n) is 14.9. The van der Waals surface area contributed by atoms with E-state index in [0.717, 1.165) is 25.0 Å². The highest BCUT2D eigenvalue weighted by Gasteiger charge is 2.18. The van der Waals surface area contributed by atoms with Gasteiger partial charge in [-0.3, -0.25) is 4.98 Å². The molecule has 1 unspecified atom stereocenters. The molecule has 2 N–H and O–H groups in total. The number of hydrogen-bond acceptors (Lipinski definition) is 7. The Balaban J connectivity index is 1.52. The van der Waals surface area contributed by atoms with Gasteiger partial charge in [-0.25, -0.2) is 4.39 Å². The molecule has 1 atom stereocenters. The Morgan fingerprint density at radius 1 is 1.22 bits per heavy atom. The molecule has 1 fully saturated rings. The lowest BCUT2D eigenvalue weighted by molar-refractivity contribution is 0.120. The molecule has 3 heterocycles. The summed E-state index contributed by atoms with van der Waals surface area (Å²) in [5.41, 5.74) is 2.42. The van der Waals surface area contributed by atoms with Crippen LogP contribution in [-0.4, -0.2) is 34.4 Å². The summed E-state index contributed by atoms with van der Waals surface area (Å²) in [5.74, 6) is -0.0171. The van der Waals surface area contributed by atoms with Crippen LogP contribution in [-0.2, 0) is 4.74 Å². The van der Waals surface area contributed by atoms with Gasteiger partial charge < -0.3 is 19.8 Å². The van der Waals surface area contributed by atoms with E-state index >= 15 is 0 Å². The standard InChI is InChI=1S/C19H20FN5O2/c1-12-4-5-16(15(20)9-12)23-17-11-21-7-6-14(17)18-24-25-19(27-18)22-10-13-3-2-8-26-13/h4-7,9,11,13,23H,2-3,8,10H2,1H3,(H,22,25). The average Bonchev–Trinajstić information content (AvgIpc) is 3.34. The third-order valence-electron chi connectivity index (χ3n) is 4.38. The number of halogens is 1. The van der Waals surface area contributed by atoms with Gasteiger partial charge in [-0.05, 0) is 43.5 Å². The minimum absolute atomic E-state index is 0.169. The van der Waals surface area contributed by atoms with Gasteiger partial charge in [0.1, 0.15) is 5.82 Å². The van der Waals surface area contributed by atoms with Crippen molar-refractivity contribution in [3.63, 3.8) is 0 Å². The number of aryl methyl sites for hydroxylation is 1. The predicted molar refractivity (Wildman–Crippen MR) is 99.4 cm³/mol. The largest absolute Gasteiger partial charge is 0.403 e. The van der Waals surface area contributed by atoms with Crippen LogP contribution in [0.4, 0.5) is 21.8 Å². The molecule has 0 spiro atoms. The van der Waals surface area contributed by atoms with Gasteiger partial charge in [0, 0.05) is 19.3 Å². The molecule has 1 aliphatic heterocycles. The highest BCUT2D eigenvalue weighted by molar-refractivity contribution is 5.76. The van der Waals surface area contributed by atoms with Crippen molar-refractivity contribution in [2.75, 3.05) is 23.8 Å². The van der Waals surface area contributed by atoms with Crippen molar-refractivity contribution in [2.24, 2.45) is 0 Å². The zero-order chi connectivity index (χ0) is 18.6. The molecule has 1 aliphatic rings. The molecule has 7 nitrogen and oxygen atoms in total. The van der Waals surface area contributed by atoms with E-state index in [1.165, 1.54) is 6.07 Å². The van der Waals surface area contributed by atoms with Gasteiger partial charge in [-0.2, -0.15) is 0 Å². The normalized spacial score (nSPS) is 16.4. The second-order valence-electron chi connectivity index (χ2n) is 6.46. The average molecular weight is 369 g/mol. The first-order valence-corrected chi connectivity index (χ1v) is 8.85. The number of rotatable bonds is 6. The molecule has 0 saturated carbocycles. The fourth-order valence-electron chi connectivity index (χ4n) is 2.96. The quantitative estimate of drug-likeness (QED) is 0.681. The number of benzene rings is 1. The molecule has 0 amide bonds. The number of hydrogen-bond donors (Lipinski definition) is 2. The molecule has 0 bridgehead atoms. The summed E-state index contributed by atoms with van der Waals surface area (Å²) in [6.07, 6.45) is 5.48. The van der Waals surface area contributed by atoms with Crippen molar-refractivity contribution in [3.05, 3.63) is 48.0 Å². The Hall–Kier alpha value is -3.00. The monoisotopic (exact) mass is 369 g/mol. The Labute approximate surface area is 156 Å². The van der Waals surface area contributed by atoms with E-state index in [0.29, 0.717) is 35.4 Å². The molecule has 3 aromatic rings. The lowest BCUT2D eigenvalue weighted by Gasteiger charge is -2.10. The number of pyridine rings is 1. The summed E-state index contributed by atoms with van der Waals surface area (Å²) < 4.78 is 25.4. The Bertz CT molecular complexity index is 924. The summed E-state index contributed by atoms with van der Waals surface area (Å²) in [5, 5.41) is 14.3. The van der Waals surface area contributed by atoms with Gasteiger partial charge in [-0.15, -0.1) is 5.10 Å². The molecule has 140 valence electrons. The first-order chi connectivity index (χ1) is 13.2. The number of nitrogens with zero attached hydrogens (tertiary/aromatic N) is 3. The molecule has 2 aromatic heterocycles. The van der Waals surface area contributed by atoms with Crippen molar-refractivity contribution >= 4 is 17.4 Å². The molecule has 27 heavy (non-hydrogen) atoms. The first-order valence-electron chi connectivity index (χ1n) is 8.85. The lowest BCUT2D eigenvalue weighted by Crippen LogP contribution is -2.18. The summed E-state index contributed by atoms with van der Waals surface area (Å²) in [6.45, 7) is 3.26. The topological polar surface area (TPSA) is 85.1 Å². The van der Waals surface area contributed by atoms with E-state index < -0.39 is 0 Å². The Kier molecular flexibility index (Phi) is 4.97. The van der Waals surface area contributed by atoms with E-state index in [1.807, 2.05) is 13.0 Å². The van der Waals surface area contributed by atoms with Crippen molar-refractivity contribution < 1.29 is 13.5 Å². The highest BCUT2D eigenvalue weighted by Crippen LogP contribution is 2.30. The third kappa shape index (κ3) is 4.06. The summed E-state index contributed by atoms with van der Waals surface area (Å²) in [6, 6.07) is 7.06. The highest BCUT2D eigenvalue weighted by atomic mass is 19.1. The van der Waals surface area contributed by atoms with Crippen LogP contribution in [0.25, 0.3) is 11.5 Å². The zero-order valence-corrected chi connectivity index (χ0v) is 14.9. The Morgan fingerprint density at radius 3 is 2.96 bits per heavy atom. The van der Waals surface area contributed by atoms with Gasteiger partial charge in [-0.1, -0.05) is 11.2 Å². The van der Waals surface area contributed by atoms with Crippen LogP contribution >= 0.6 is 0 Å². The van der Waals surface area contributed by atoms with Crippen LogP contribution in [0.2, 0.25) is 0 Å². The van der Waals surface area contributed by atoms with E-state index in [9.17, 15) is 4.39 Å². The lowest BCUT2D eigenvalue weighted by atomic mass is 10.2. The van der Waals surface area contributed by atoms with Crippen LogP contribution in [0.3, 0.4) is 0 Å². The van der Waals surface area contributed by atoms with Crippen LogP contribution < -0.4 is 10.6 Å². The number of aromatic nitrogens is 3. The molecular weight excluding hydrogens is 349 g/mol. The maximum Gasteiger partial charge on any atom is 0.315 e. The maximum atomic E-state index is 14.2. The molecule has 0 aliphatic carbocycles. The molecular formula is C19H20FN5O2. The van der Waals surface area contributed by atoms with Crippen LogP contribution in [0.1, 0.15) is 18.4 Å². The summed E-state index contributed by atoms with van der Waals surface area (Å²) in [4.78, 5) is 4.10. The van der Waals surface area contributed by atoms with Gasteiger partial charge in [0.25, 0.3) is 5.89 Å². The number of anilines is 3. The second kappa shape index (κ2) is 7.71. The molecule has 0 radical (unpaired) electrons. The van der Waals surface area contributed by atoms with Crippen molar-refractivity contribution in [1.29, 1.82) is 0 Å². The van der Waals surface area contributed by atoms with Gasteiger partial charge in [0.05, 0.1) is 29.2 Å². The first kappa shape index (κ1) is 17.4. The van der Waals surface area contributed by atoms with Gasteiger partial charge in [0.2, 0.25) is 0 Å².